The molecule has 1 aromatic carbocycles. The minimum atomic E-state index is -0.448. The highest BCUT2D eigenvalue weighted by molar-refractivity contribution is 5.86. The van der Waals surface area contributed by atoms with E-state index in [2.05, 4.69) is 35.9 Å². The van der Waals surface area contributed by atoms with Crippen molar-refractivity contribution in [1.82, 2.24) is 9.47 Å². The summed E-state index contributed by atoms with van der Waals surface area (Å²) in [6.45, 7) is 7.05. The minimum Gasteiger partial charge on any atom is -0.444 e. The fourth-order valence-corrected chi connectivity index (χ4v) is 3.01. The number of fused-ring (bicyclic) bond motifs is 3. The molecular formula is C17H22N2O2. The molecule has 4 heteroatoms. The Kier molecular flexibility index (Phi) is 3.19. The molecule has 0 radical (unpaired) electrons. The molecular weight excluding hydrogens is 264 g/mol. The molecule has 3 rings (SSSR count). The molecule has 1 aliphatic heterocycles. The summed E-state index contributed by atoms with van der Waals surface area (Å²) in [5, 5.41) is 1.24. The Hall–Kier alpha value is -1.97. The normalized spacial score (nSPS) is 15.1. The zero-order valence-electron chi connectivity index (χ0n) is 13.1. The molecule has 0 unspecified atom stereocenters. The third kappa shape index (κ3) is 2.50. The number of nitrogens with zero attached hydrogens (tertiary/aromatic N) is 2. The number of rotatable bonds is 0. The van der Waals surface area contributed by atoms with Gasteiger partial charge >= 0.3 is 6.09 Å². The minimum absolute atomic E-state index is 0.221. The Labute approximate surface area is 125 Å². The number of benzene rings is 1. The van der Waals surface area contributed by atoms with Gasteiger partial charge in [0.1, 0.15) is 5.60 Å². The molecule has 0 N–H and O–H groups in total. The second-order valence-electron chi connectivity index (χ2n) is 6.65. The third-order valence-corrected chi connectivity index (χ3v) is 3.96. The number of aryl methyl sites for hydroxylation is 1. The summed E-state index contributed by atoms with van der Waals surface area (Å²) in [6, 6.07) is 8.37. The van der Waals surface area contributed by atoms with E-state index in [1.165, 1.54) is 22.2 Å². The highest BCUT2D eigenvalue weighted by Gasteiger charge is 2.28. The first-order valence-electron chi connectivity index (χ1n) is 7.40. The summed E-state index contributed by atoms with van der Waals surface area (Å²) in [4.78, 5) is 14.1. The Morgan fingerprint density at radius 1 is 1.24 bits per heavy atom. The van der Waals surface area contributed by atoms with Gasteiger partial charge in [0.15, 0.2) is 0 Å². The maximum Gasteiger partial charge on any atom is 0.410 e. The SMILES string of the molecule is Cn1c2c(c3ccccc31)CN(C(=O)OC(C)(C)C)CC2. The predicted molar refractivity (Wildman–Crippen MR) is 83.3 cm³/mol. The van der Waals surface area contributed by atoms with Crippen LogP contribution in [-0.4, -0.2) is 27.7 Å². The van der Waals surface area contributed by atoms with Crippen LogP contribution in [0.1, 0.15) is 32.0 Å². The summed E-state index contributed by atoms with van der Waals surface area (Å²) in [5.41, 5.74) is 3.37. The van der Waals surface area contributed by atoms with Gasteiger partial charge in [0.05, 0.1) is 6.54 Å². The van der Waals surface area contributed by atoms with E-state index in [-0.39, 0.29) is 6.09 Å². The zero-order chi connectivity index (χ0) is 15.2. The second-order valence-corrected chi connectivity index (χ2v) is 6.65. The number of hydrogen-bond acceptors (Lipinski definition) is 2. The van der Waals surface area contributed by atoms with Crippen LogP contribution >= 0.6 is 0 Å². The van der Waals surface area contributed by atoms with Gasteiger partial charge in [-0.2, -0.15) is 0 Å². The van der Waals surface area contributed by atoms with Gasteiger partial charge in [-0.3, -0.25) is 0 Å². The second kappa shape index (κ2) is 4.79. The number of aromatic nitrogens is 1. The van der Waals surface area contributed by atoms with E-state index in [4.69, 9.17) is 4.74 Å². The topological polar surface area (TPSA) is 34.5 Å². The lowest BCUT2D eigenvalue weighted by atomic mass is 10.0. The van der Waals surface area contributed by atoms with Crippen molar-refractivity contribution >= 4 is 17.0 Å². The Morgan fingerprint density at radius 2 is 1.95 bits per heavy atom. The summed E-state index contributed by atoms with van der Waals surface area (Å²) < 4.78 is 7.74. The van der Waals surface area contributed by atoms with Crippen LogP contribution in [-0.2, 0) is 24.8 Å². The van der Waals surface area contributed by atoms with Crippen LogP contribution in [0.5, 0.6) is 0 Å². The summed E-state index contributed by atoms with van der Waals surface area (Å²) in [5.74, 6) is 0. The van der Waals surface area contributed by atoms with Crippen molar-refractivity contribution in [3.8, 4) is 0 Å². The number of para-hydroxylation sites is 1. The molecule has 2 heterocycles. The molecule has 0 atom stereocenters. The molecule has 112 valence electrons. The van der Waals surface area contributed by atoms with Crippen LogP contribution in [0.25, 0.3) is 10.9 Å². The summed E-state index contributed by atoms with van der Waals surface area (Å²) in [7, 11) is 2.10. The largest absolute Gasteiger partial charge is 0.444 e. The van der Waals surface area contributed by atoms with E-state index in [0.29, 0.717) is 13.1 Å². The standard InChI is InChI=1S/C17H22N2O2/c1-17(2,3)21-16(20)19-10-9-15-13(11-19)12-7-5-6-8-14(12)18(15)4/h5-8H,9-11H2,1-4H3. The zero-order valence-corrected chi connectivity index (χ0v) is 13.1. The van der Waals surface area contributed by atoms with Crippen molar-refractivity contribution in [2.24, 2.45) is 7.05 Å². The van der Waals surface area contributed by atoms with Crippen molar-refractivity contribution in [2.45, 2.75) is 39.3 Å². The monoisotopic (exact) mass is 286 g/mol. The highest BCUT2D eigenvalue weighted by Crippen LogP contribution is 2.30. The number of ether oxygens (including phenoxy) is 1. The van der Waals surface area contributed by atoms with Crippen LogP contribution in [0.15, 0.2) is 24.3 Å². The molecule has 1 aliphatic rings. The van der Waals surface area contributed by atoms with Crippen LogP contribution < -0.4 is 0 Å². The van der Waals surface area contributed by atoms with Crippen LogP contribution in [0.4, 0.5) is 4.79 Å². The Morgan fingerprint density at radius 3 is 2.67 bits per heavy atom. The quantitative estimate of drug-likeness (QED) is 0.743. The molecule has 0 bridgehead atoms. The lowest BCUT2D eigenvalue weighted by molar-refractivity contribution is 0.0223. The maximum absolute atomic E-state index is 12.3. The molecule has 2 aromatic rings. The molecule has 0 aliphatic carbocycles. The van der Waals surface area contributed by atoms with Crippen molar-refractivity contribution in [3.63, 3.8) is 0 Å². The van der Waals surface area contributed by atoms with Gasteiger partial charge in [-0.15, -0.1) is 0 Å². The van der Waals surface area contributed by atoms with Gasteiger partial charge in [0.25, 0.3) is 0 Å². The first-order valence-corrected chi connectivity index (χ1v) is 7.40. The van der Waals surface area contributed by atoms with Crippen molar-refractivity contribution in [3.05, 3.63) is 35.5 Å². The number of hydrogen-bond donors (Lipinski definition) is 0. The molecule has 1 aromatic heterocycles. The van der Waals surface area contributed by atoms with Gasteiger partial charge in [-0.05, 0) is 26.8 Å². The van der Waals surface area contributed by atoms with Gasteiger partial charge in [0, 0.05) is 42.2 Å². The van der Waals surface area contributed by atoms with E-state index in [9.17, 15) is 4.79 Å². The Bertz CT molecular complexity index is 695. The van der Waals surface area contributed by atoms with Gasteiger partial charge < -0.3 is 14.2 Å². The average Bonchev–Trinajstić information content (AvgIpc) is 2.71. The molecule has 0 spiro atoms. The Balaban J connectivity index is 1.92. The van der Waals surface area contributed by atoms with E-state index in [1.807, 2.05) is 20.8 Å². The molecule has 0 fully saturated rings. The average molecular weight is 286 g/mol. The number of amides is 1. The van der Waals surface area contributed by atoms with Crippen molar-refractivity contribution in [1.29, 1.82) is 0 Å². The molecule has 21 heavy (non-hydrogen) atoms. The third-order valence-electron chi connectivity index (χ3n) is 3.96. The van der Waals surface area contributed by atoms with E-state index in [0.717, 1.165) is 6.42 Å². The smallest absolute Gasteiger partial charge is 0.410 e. The van der Waals surface area contributed by atoms with Gasteiger partial charge in [-0.1, -0.05) is 18.2 Å². The number of carbonyl (C=O) groups excluding carboxylic acids is 1. The molecule has 1 amide bonds. The fourth-order valence-electron chi connectivity index (χ4n) is 3.01. The first kappa shape index (κ1) is 14.0. The number of carbonyl (C=O) groups is 1. The highest BCUT2D eigenvalue weighted by atomic mass is 16.6. The molecule has 0 saturated carbocycles. The van der Waals surface area contributed by atoms with Crippen LogP contribution in [0, 0.1) is 0 Å². The van der Waals surface area contributed by atoms with Crippen LogP contribution in [0.2, 0.25) is 0 Å². The fraction of sp³-hybridized carbons (Fsp3) is 0.471. The molecule has 4 nitrogen and oxygen atoms in total. The molecule has 0 saturated heterocycles. The lowest BCUT2D eigenvalue weighted by Crippen LogP contribution is -2.40. The summed E-state index contributed by atoms with van der Waals surface area (Å²) in [6.07, 6.45) is 0.654. The van der Waals surface area contributed by atoms with E-state index in [1.54, 1.807) is 4.90 Å². The maximum atomic E-state index is 12.3. The van der Waals surface area contributed by atoms with Gasteiger partial charge in [0.2, 0.25) is 0 Å². The van der Waals surface area contributed by atoms with Crippen LogP contribution in [0.3, 0.4) is 0 Å². The van der Waals surface area contributed by atoms with Gasteiger partial charge in [-0.25, -0.2) is 4.79 Å². The van der Waals surface area contributed by atoms with E-state index < -0.39 is 5.60 Å². The lowest BCUT2D eigenvalue weighted by Gasteiger charge is -2.30. The van der Waals surface area contributed by atoms with Crippen molar-refractivity contribution < 1.29 is 9.53 Å². The first-order chi connectivity index (χ1) is 9.87. The van der Waals surface area contributed by atoms with E-state index >= 15 is 0 Å². The van der Waals surface area contributed by atoms with Crippen molar-refractivity contribution in [2.75, 3.05) is 6.54 Å². The predicted octanol–water partition coefficient (Wildman–Crippen LogP) is 3.47. The summed E-state index contributed by atoms with van der Waals surface area (Å²) >= 11 is 0.